The SMILES string of the molecule is CCS(=O)(=O)NCCNc1ccc2nnc(C)n2n1. The quantitative estimate of drug-likeness (QED) is 0.711. The molecule has 0 unspecified atom stereocenters. The first-order valence-corrected chi connectivity index (χ1v) is 7.57. The lowest BCUT2D eigenvalue weighted by atomic mass is 10.5. The summed E-state index contributed by atoms with van der Waals surface area (Å²) in [6.07, 6.45) is 0. The number of aryl methyl sites for hydroxylation is 1. The van der Waals surface area contributed by atoms with Gasteiger partial charge in [-0.2, -0.15) is 4.52 Å². The lowest BCUT2D eigenvalue weighted by molar-refractivity contribution is 0.584. The second-order valence-corrected chi connectivity index (χ2v) is 6.06. The third-order valence-electron chi connectivity index (χ3n) is 2.55. The van der Waals surface area contributed by atoms with E-state index < -0.39 is 10.0 Å². The van der Waals surface area contributed by atoms with Crippen molar-refractivity contribution >= 4 is 21.5 Å². The van der Waals surface area contributed by atoms with Crippen molar-refractivity contribution in [3.8, 4) is 0 Å². The van der Waals surface area contributed by atoms with Crippen LogP contribution in [0.1, 0.15) is 12.7 Å². The first-order valence-electron chi connectivity index (χ1n) is 5.92. The van der Waals surface area contributed by atoms with E-state index in [0.29, 0.717) is 30.4 Å². The summed E-state index contributed by atoms with van der Waals surface area (Å²) < 4.78 is 26.5. The number of aromatic nitrogens is 4. The van der Waals surface area contributed by atoms with E-state index in [1.165, 1.54) is 0 Å². The molecule has 2 aromatic heterocycles. The Labute approximate surface area is 111 Å². The molecule has 0 atom stereocenters. The first kappa shape index (κ1) is 13.7. The van der Waals surface area contributed by atoms with Crippen LogP contribution in [0.4, 0.5) is 5.82 Å². The fraction of sp³-hybridized carbons (Fsp3) is 0.500. The Balaban J connectivity index is 1.93. The van der Waals surface area contributed by atoms with Gasteiger partial charge in [-0.15, -0.1) is 15.3 Å². The molecule has 0 fully saturated rings. The molecule has 0 saturated carbocycles. The zero-order valence-electron chi connectivity index (χ0n) is 10.8. The summed E-state index contributed by atoms with van der Waals surface area (Å²) in [5.74, 6) is 1.42. The van der Waals surface area contributed by atoms with Gasteiger partial charge in [0, 0.05) is 13.1 Å². The van der Waals surface area contributed by atoms with Crippen molar-refractivity contribution in [2.24, 2.45) is 0 Å². The third-order valence-corrected chi connectivity index (χ3v) is 3.96. The van der Waals surface area contributed by atoms with E-state index in [4.69, 9.17) is 0 Å². The van der Waals surface area contributed by atoms with Crippen LogP contribution in [0, 0.1) is 6.92 Å². The highest BCUT2D eigenvalue weighted by molar-refractivity contribution is 7.89. The van der Waals surface area contributed by atoms with Crippen LogP contribution in [0.2, 0.25) is 0 Å². The average molecular weight is 284 g/mol. The van der Waals surface area contributed by atoms with Crippen LogP contribution in [0.5, 0.6) is 0 Å². The Bertz CT molecular complexity index is 666. The van der Waals surface area contributed by atoms with Crippen molar-refractivity contribution < 1.29 is 8.42 Å². The zero-order chi connectivity index (χ0) is 13.9. The van der Waals surface area contributed by atoms with Gasteiger partial charge in [-0.1, -0.05) is 0 Å². The van der Waals surface area contributed by atoms with Crippen LogP contribution in [-0.4, -0.2) is 47.1 Å². The van der Waals surface area contributed by atoms with Crippen molar-refractivity contribution in [3.05, 3.63) is 18.0 Å². The minimum absolute atomic E-state index is 0.0805. The molecule has 2 N–H and O–H groups in total. The van der Waals surface area contributed by atoms with Gasteiger partial charge in [-0.3, -0.25) is 0 Å². The molecule has 0 radical (unpaired) electrons. The van der Waals surface area contributed by atoms with E-state index in [-0.39, 0.29) is 5.75 Å². The molecule has 0 saturated heterocycles. The highest BCUT2D eigenvalue weighted by Gasteiger charge is 2.05. The molecule has 0 spiro atoms. The maximum absolute atomic E-state index is 11.2. The summed E-state index contributed by atoms with van der Waals surface area (Å²) in [5, 5.41) is 15.2. The molecule has 2 rings (SSSR count). The van der Waals surface area contributed by atoms with Gasteiger partial charge in [0.05, 0.1) is 5.75 Å². The fourth-order valence-electron chi connectivity index (χ4n) is 1.49. The molecule has 0 bridgehead atoms. The van der Waals surface area contributed by atoms with Crippen LogP contribution >= 0.6 is 0 Å². The second-order valence-electron chi connectivity index (χ2n) is 3.96. The van der Waals surface area contributed by atoms with Crippen LogP contribution in [0.25, 0.3) is 5.65 Å². The highest BCUT2D eigenvalue weighted by Crippen LogP contribution is 2.05. The summed E-state index contributed by atoms with van der Waals surface area (Å²) in [7, 11) is -3.14. The fourth-order valence-corrected chi connectivity index (χ4v) is 2.11. The first-order chi connectivity index (χ1) is 9.02. The molecule has 104 valence electrons. The third kappa shape index (κ3) is 3.38. The van der Waals surface area contributed by atoms with Crippen LogP contribution in [-0.2, 0) is 10.0 Å². The zero-order valence-corrected chi connectivity index (χ0v) is 11.6. The maximum Gasteiger partial charge on any atom is 0.211 e. The van der Waals surface area contributed by atoms with Gasteiger partial charge in [-0.05, 0) is 26.0 Å². The minimum Gasteiger partial charge on any atom is -0.367 e. The number of nitrogens with one attached hydrogen (secondary N) is 2. The Morgan fingerprint density at radius 3 is 2.79 bits per heavy atom. The normalized spacial score (nSPS) is 11.9. The van der Waals surface area contributed by atoms with Crippen LogP contribution < -0.4 is 10.0 Å². The molecule has 0 aliphatic rings. The molecule has 8 nitrogen and oxygen atoms in total. The summed E-state index contributed by atoms with van der Waals surface area (Å²) in [4.78, 5) is 0. The lowest BCUT2D eigenvalue weighted by Gasteiger charge is -2.07. The van der Waals surface area contributed by atoms with E-state index in [9.17, 15) is 8.42 Å². The second kappa shape index (κ2) is 5.49. The molecule has 0 amide bonds. The molecular weight excluding hydrogens is 268 g/mol. The van der Waals surface area contributed by atoms with E-state index in [1.807, 2.05) is 6.92 Å². The number of hydrogen-bond acceptors (Lipinski definition) is 6. The largest absolute Gasteiger partial charge is 0.367 e. The summed E-state index contributed by atoms with van der Waals surface area (Å²) in [6.45, 7) is 4.18. The van der Waals surface area contributed by atoms with Gasteiger partial charge < -0.3 is 5.32 Å². The number of sulfonamides is 1. The lowest BCUT2D eigenvalue weighted by Crippen LogP contribution is -2.30. The van der Waals surface area contributed by atoms with Crippen LogP contribution in [0.3, 0.4) is 0 Å². The standard InChI is InChI=1S/C10H16N6O2S/c1-3-19(17,18)12-7-6-11-9-4-5-10-14-13-8(2)16(10)15-9/h4-5,12H,3,6-7H2,1-2H3,(H,11,15). The van der Waals surface area contributed by atoms with Gasteiger partial charge in [0.2, 0.25) is 10.0 Å². The Morgan fingerprint density at radius 1 is 1.26 bits per heavy atom. The number of anilines is 1. The summed E-state index contributed by atoms with van der Waals surface area (Å²) >= 11 is 0. The van der Waals surface area contributed by atoms with Gasteiger partial charge >= 0.3 is 0 Å². The predicted octanol–water partition coefficient (Wildman–Crippen LogP) is -0.216. The van der Waals surface area contributed by atoms with E-state index in [0.717, 1.165) is 0 Å². The van der Waals surface area contributed by atoms with E-state index >= 15 is 0 Å². The molecule has 9 heteroatoms. The maximum atomic E-state index is 11.2. The summed E-state index contributed by atoms with van der Waals surface area (Å²) in [6, 6.07) is 3.57. The van der Waals surface area contributed by atoms with E-state index in [1.54, 1.807) is 23.6 Å². The molecule has 0 aliphatic carbocycles. The summed E-state index contributed by atoms with van der Waals surface area (Å²) in [5.41, 5.74) is 0.676. The molecule has 2 aromatic rings. The van der Waals surface area contributed by atoms with Crippen molar-refractivity contribution in [3.63, 3.8) is 0 Å². The Kier molecular flexibility index (Phi) is 3.96. The Morgan fingerprint density at radius 2 is 2.05 bits per heavy atom. The van der Waals surface area contributed by atoms with Crippen molar-refractivity contribution in [2.75, 3.05) is 24.2 Å². The van der Waals surface area contributed by atoms with E-state index in [2.05, 4.69) is 25.3 Å². The molecule has 19 heavy (non-hydrogen) atoms. The van der Waals surface area contributed by atoms with Gasteiger partial charge in [0.15, 0.2) is 11.5 Å². The predicted molar refractivity (Wildman–Crippen MR) is 71.5 cm³/mol. The number of hydrogen-bond donors (Lipinski definition) is 2. The molecule has 0 aliphatic heterocycles. The molecule has 0 aromatic carbocycles. The van der Waals surface area contributed by atoms with Crippen molar-refractivity contribution in [2.45, 2.75) is 13.8 Å². The van der Waals surface area contributed by atoms with Gasteiger partial charge in [0.25, 0.3) is 0 Å². The van der Waals surface area contributed by atoms with Crippen LogP contribution in [0.15, 0.2) is 12.1 Å². The van der Waals surface area contributed by atoms with Gasteiger partial charge in [-0.25, -0.2) is 13.1 Å². The van der Waals surface area contributed by atoms with Gasteiger partial charge in [0.1, 0.15) is 5.82 Å². The topological polar surface area (TPSA) is 101 Å². The average Bonchev–Trinajstić information content (AvgIpc) is 2.76. The Hall–Kier alpha value is -1.74. The monoisotopic (exact) mass is 284 g/mol. The van der Waals surface area contributed by atoms with Crippen molar-refractivity contribution in [1.29, 1.82) is 0 Å². The number of nitrogens with zero attached hydrogens (tertiary/aromatic N) is 4. The number of rotatable bonds is 6. The highest BCUT2D eigenvalue weighted by atomic mass is 32.2. The molecular formula is C10H16N6O2S. The minimum atomic E-state index is -3.14. The smallest absolute Gasteiger partial charge is 0.211 e. The number of fused-ring (bicyclic) bond motifs is 1. The molecule has 2 heterocycles. The van der Waals surface area contributed by atoms with Crippen molar-refractivity contribution in [1.82, 2.24) is 24.5 Å².